The second-order valence-corrected chi connectivity index (χ2v) is 8.74. The lowest BCUT2D eigenvalue weighted by Crippen LogP contribution is -2.47. The summed E-state index contributed by atoms with van der Waals surface area (Å²) in [6.45, 7) is 1.42. The van der Waals surface area contributed by atoms with Crippen LogP contribution in [0.25, 0.3) is 0 Å². The normalized spacial score (nSPS) is 17.2. The van der Waals surface area contributed by atoms with Crippen molar-refractivity contribution in [2.45, 2.75) is 31.7 Å². The van der Waals surface area contributed by atoms with Crippen molar-refractivity contribution >= 4 is 28.2 Å². The average Bonchev–Trinajstić information content (AvgIpc) is 2.53. The molecule has 1 aliphatic heterocycles. The fourth-order valence-corrected chi connectivity index (χ4v) is 3.69. The first-order valence-corrected chi connectivity index (χ1v) is 10.2. The van der Waals surface area contributed by atoms with Gasteiger partial charge in [-0.05, 0) is 37.2 Å². The average molecular weight is 375 g/mol. The molecule has 2 rings (SSSR count). The van der Waals surface area contributed by atoms with Gasteiger partial charge in [0.25, 0.3) is 0 Å². The van der Waals surface area contributed by atoms with Crippen LogP contribution in [0.4, 0.5) is 0 Å². The van der Waals surface area contributed by atoms with Gasteiger partial charge in [-0.2, -0.15) is 0 Å². The zero-order chi connectivity index (χ0) is 16.9. The number of hydrogen-bond donors (Lipinski definition) is 1. The van der Waals surface area contributed by atoms with E-state index >= 15 is 0 Å². The Morgan fingerprint density at radius 3 is 2.38 bits per heavy atom. The van der Waals surface area contributed by atoms with Crippen LogP contribution in [0.15, 0.2) is 30.3 Å². The minimum absolute atomic E-state index is 0. The lowest BCUT2D eigenvalue weighted by Gasteiger charge is -2.33. The van der Waals surface area contributed by atoms with Gasteiger partial charge < -0.3 is 10.6 Å². The molecule has 1 aromatic carbocycles. The van der Waals surface area contributed by atoms with Crippen LogP contribution in [0, 0.1) is 5.92 Å². The molecule has 7 heteroatoms. The van der Waals surface area contributed by atoms with Gasteiger partial charge in [0.1, 0.15) is 9.84 Å². The molecule has 1 aromatic rings. The molecule has 1 fully saturated rings. The molecule has 1 atom stereocenters. The van der Waals surface area contributed by atoms with Crippen molar-refractivity contribution in [2.24, 2.45) is 11.7 Å². The van der Waals surface area contributed by atoms with Crippen LogP contribution in [-0.2, 0) is 21.1 Å². The molecule has 1 unspecified atom stereocenters. The lowest BCUT2D eigenvalue weighted by molar-refractivity contribution is -0.134. The number of piperidine rings is 1. The Morgan fingerprint density at radius 1 is 1.25 bits per heavy atom. The monoisotopic (exact) mass is 374 g/mol. The summed E-state index contributed by atoms with van der Waals surface area (Å²) in [5, 5.41) is 0. The van der Waals surface area contributed by atoms with Crippen molar-refractivity contribution < 1.29 is 13.2 Å². The summed E-state index contributed by atoms with van der Waals surface area (Å²) in [4.78, 5) is 14.1. The third-order valence-corrected chi connectivity index (χ3v) is 5.39. The number of halogens is 1. The summed E-state index contributed by atoms with van der Waals surface area (Å²) in [6.07, 6.45) is 4.35. The molecule has 0 aromatic heterocycles. The lowest BCUT2D eigenvalue weighted by atomic mass is 9.90. The number of benzene rings is 1. The van der Waals surface area contributed by atoms with Crippen molar-refractivity contribution in [3.05, 3.63) is 35.9 Å². The zero-order valence-corrected chi connectivity index (χ0v) is 15.7. The third-order valence-electron chi connectivity index (χ3n) is 4.41. The zero-order valence-electron chi connectivity index (χ0n) is 14.1. The minimum Gasteiger partial charge on any atom is -0.341 e. The number of nitrogens with two attached hydrogens (primary N) is 1. The molecular weight excluding hydrogens is 348 g/mol. The second-order valence-electron chi connectivity index (χ2n) is 6.48. The predicted molar refractivity (Wildman–Crippen MR) is 99.0 cm³/mol. The highest BCUT2D eigenvalue weighted by Gasteiger charge is 2.26. The first-order valence-electron chi connectivity index (χ1n) is 8.11. The quantitative estimate of drug-likeness (QED) is 0.820. The highest BCUT2D eigenvalue weighted by atomic mass is 35.5. The van der Waals surface area contributed by atoms with Crippen LogP contribution in [0.3, 0.4) is 0 Å². The topological polar surface area (TPSA) is 80.5 Å². The number of carbonyl (C=O) groups is 1. The van der Waals surface area contributed by atoms with Crippen LogP contribution in [0.5, 0.6) is 0 Å². The van der Waals surface area contributed by atoms with E-state index in [9.17, 15) is 13.2 Å². The SMILES string of the molecule is CS(=O)(=O)CCC(N)C(=O)N1CCC(Cc2ccccc2)CC1.Cl. The fourth-order valence-electron chi connectivity index (χ4n) is 3.00. The molecule has 24 heavy (non-hydrogen) atoms. The van der Waals surface area contributed by atoms with Gasteiger partial charge in [-0.15, -0.1) is 12.4 Å². The summed E-state index contributed by atoms with van der Waals surface area (Å²) in [5.41, 5.74) is 7.19. The smallest absolute Gasteiger partial charge is 0.239 e. The summed E-state index contributed by atoms with van der Waals surface area (Å²) in [7, 11) is -3.08. The van der Waals surface area contributed by atoms with E-state index in [0.717, 1.165) is 19.3 Å². The Balaban J connectivity index is 0.00000288. The molecule has 1 saturated heterocycles. The maximum atomic E-state index is 12.3. The molecule has 1 aliphatic rings. The van der Waals surface area contributed by atoms with E-state index in [4.69, 9.17) is 5.73 Å². The Bertz CT molecular complexity index is 614. The van der Waals surface area contributed by atoms with E-state index in [2.05, 4.69) is 24.3 Å². The van der Waals surface area contributed by atoms with Crippen LogP contribution < -0.4 is 5.73 Å². The number of carbonyl (C=O) groups excluding carboxylic acids is 1. The van der Waals surface area contributed by atoms with Crippen LogP contribution in [0.1, 0.15) is 24.8 Å². The summed E-state index contributed by atoms with van der Waals surface area (Å²) in [5.74, 6) is 0.435. The second kappa shape index (κ2) is 9.39. The number of likely N-dealkylation sites (tertiary alicyclic amines) is 1. The molecule has 0 spiro atoms. The van der Waals surface area contributed by atoms with Crippen molar-refractivity contribution in [2.75, 3.05) is 25.1 Å². The number of sulfone groups is 1. The van der Waals surface area contributed by atoms with Gasteiger partial charge in [-0.25, -0.2) is 8.42 Å². The van der Waals surface area contributed by atoms with Crippen molar-refractivity contribution in [3.8, 4) is 0 Å². The Hall–Kier alpha value is -1.11. The van der Waals surface area contributed by atoms with E-state index in [0.29, 0.717) is 19.0 Å². The van der Waals surface area contributed by atoms with E-state index in [1.807, 2.05) is 6.07 Å². The van der Waals surface area contributed by atoms with E-state index in [-0.39, 0.29) is 30.5 Å². The van der Waals surface area contributed by atoms with Gasteiger partial charge in [0.2, 0.25) is 5.91 Å². The van der Waals surface area contributed by atoms with Gasteiger partial charge in [0.15, 0.2) is 0 Å². The predicted octanol–water partition coefficient (Wildman–Crippen LogP) is 1.65. The number of amides is 1. The molecule has 1 amide bonds. The fraction of sp³-hybridized carbons (Fsp3) is 0.588. The molecule has 1 heterocycles. The van der Waals surface area contributed by atoms with Gasteiger partial charge in [-0.3, -0.25) is 4.79 Å². The highest BCUT2D eigenvalue weighted by Crippen LogP contribution is 2.22. The summed E-state index contributed by atoms with van der Waals surface area (Å²) >= 11 is 0. The maximum Gasteiger partial charge on any atom is 0.239 e. The first-order chi connectivity index (χ1) is 10.8. The van der Waals surface area contributed by atoms with Crippen molar-refractivity contribution in [1.29, 1.82) is 0 Å². The largest absolute Gasteiger partial charge is 0.341 e. The summed E-state index contributed by atoms with van der Waals surface area (Å²) < 4.78 is 22.3. The molecule has 2 N–H and O–H groups in total. The van der Waals surface area contributed by atoms with Crippen LogP contribution in [0.2, 0.25) is 0 Å². The first kappa shape index (κ1) is 20.9. The molecule has 136 valence electrons. The van der Waals surface area contributed by atoms with Crippen molar-refractivity contribution in [3.63, 3.8) is 0 Å². The van der Waals surface area contributed by atoms with Crippen molar-refractivity contribution in [1.82, 2.24) is 4.90 Å². The maximum absolute atomic E-state index is 12.3. The Labute approximate surface area is 150 Å². The van der Waals surface area contributed by atoms with Gasteiger partial charge in [0, 0.05) is 19.3 Å². The van der Waals surface area contributed by atoms with E-state index in [1.54, 1.807) is 4.90 Å². The Morgan fingerprint density at radius 2 is 1.83 bits per heavy atom. The minimum atomic E-state index is -3.08. The molecule has 0 bridgehead atoms. The Kier molecular flexibility index (Phi) is 8.19. The molecule has 0 radical (unpaired) electrons. The molecule has 0 saturated carbocycles. The number of hydrogen-bond acceptors (Lipinski definition) is 4. The molecule has 0 aliphatic carbocycles. The number of rotatable bonds is 6. The van der Waals surface area contributed by atoms with Gasteiger partial charge >= 0.3 is 0 Å². The molecule has 5 nitrogen and oxygen atoms in total. The standard InChI is InChI=1S/C17H26N2O3S.ClH/c1-23(21,22)12-9-16(18)17(20)19-10-7-15(8-11-19)13-14-5-3-2-4-6-14;/h2-6,15-16H,7-13,18H2,1H3;1H. The van der Waals surface area contributed by atoms with Gasteiger partial charge in [-0.1, -0.05) is 30.3 Å². The highest BCUT2D eigenvalue weighted by molar-refractivity contribution is 7.90. The molecular formula is C17H27ClN2O3S. The van der Waals surface area contributed by atoms with Gasteiger partial charge in [0.05, 0.1) is 11.8 Å². The summed E-state index contributed by atoms with van der Waals surface area (Å²) in [6, 6.07) is 9.68. The van der Waals surface area contributed by atoms with E-state index in [1.165, 1.54) is 11.8 Å². The van der Waals surface area contributed by atoms with Crippen LogP contribution >= 0.6 is 12.4 Å². The number of nitrogens with zero attached hydrogens (tertiary/aromatic N) is 1. The third kappa shape index (κ3) is 6.79. The van der Waals surface area contributed by atoms with E-state index < -0.39 is 15.9 Å². The van der Waals surface area contributed by atoms with Crippen LogP contribution in [-0.4, -0.2) is 50.4 Å².